The van der Waals surface area contributed by atoms with Crippen LogP contribution in [-0.2, 0) is 14.3 Å². The van der Waals surface area contributed by atoms with E-state index in [9.17, 15) is 9.59 Å². The van der Waals surface area contributed by atoms with Gasteiger partial charge in [0.25, 0.3) is 0 Å². The van der Waals surface area contributed by atoms with Crippen molar-refractivity contribution in [3.05, 3.63) is 12.2 Å². The van der Waals surface area contributed by atoms with Crippen molar-refractivity contribution in [2.75, 3.05) is 7.11 Å². The van der Waals surface area contributed by atoms with Crippen molar-refractivity contribution in [3.8, 4) is 0 Å². The summed E-state index contributed by atoms with van der Waals surface area (Å²) in [6, 6.07) is 0. The summed E-state index contributed by atoms with van der Waals surface area (Å²) in [6.07, 6.45) is 2.17. The normalized spacial score (nSPS) is 23.9. The van der Waals surface area contributed by atoms with E-state index in [1.807, 2.05) is 0 Å². The van der Waals surface area contributed by atoms with Crippen LogP contribution in [0.2, 0.25) is 0 Å². The highest BCUT2D eigenvalue weighted by Gasteiger charge is 2.31. The van der Waals surface area contributed by atoms with Crippen molar-refractivity contribution >= 4 is 11.8 Å². The van der Waals surface area contributed by atoms with Crippen LogP contribution in [0.4, 0.5) is 0 Å². The highest BCUT2D eigenvalue weighted by atomic mass is 16.5. The van der Waals surface area contributed by atoms with Crippen molar-refractivity contribution in [2.45, 2.75) is 19.3 Å². The van der Waals surface area contributed by atoms with Gasteiger partial charge in [-0.1, -0.05) is 6.58 Å². The number of Topliss-reactive ketones (excluding diaryl/α,β-unsaturated/α-hetero) is 1. The maximum absolute atomic E-state index is 11.3. The molecule has 12 heavy (non-hydrogen) atoms. The Balaban J connectivity index is 2.70. The standard InChI is InChI=1S/C9H12O3/c1-6-4-3-5-7(8(6)10)9(11)12-2/h7H,1,3-5H2,2H3. The van der Waals surface area contributed by atoms with Crippen LogP contribution in [0.3, 0.4) is 0 Å². The van der Waals surface area contributed by atoms with Gasteiger partial charge in [0.05, 0.1) is 7.11 Å². The zero-order valence-electron chi connectivity index (χ0n) is 7.13. The number of ketones is 1. The molecule has 1 rings (SSSR count). The van der Waals surface area contributed by atoms with Gasteiger partial charge in [-0.3, -0.25) is 9.59 Å². The Labute approximate surface area is 71.4 Å². The summed E-state index contributed by atoms with van der Waals surface area (Å²) in [5, 5.41) is 0. The van der Waals surface area contributed by atoms with Gasteiger partial charge >= 0.3 is 5.97 Å². The summed E-state index contributed by atoms with van der Waals surface area (Å²) >= 11 is 0. The number of allylic oxidation sites excluding steroid dienone is 1. The van der Waals surface area contributed by atoms with Crippen molar-refractivity contribution in [3.63, 3.8) is 0 Å². The first-order valence-corrected chi connectivity index (χ1v) is 3.96. The van der Waals surface area contributed by atoms with Gasteiger partial charge in [-0.25, -0.2) is 0 Å². The van der Waals surface area contributed by atoms with Gasteiger partial charge < -0.3 is 4.74 Å². The van der Waals surface area contributed by atoms with Gasteiger partial charge in [0, 0.05) is 0 Å². The molecule has 0 bridgehead atoms. The van der Waals surface area contributed by atoms with E-state index in [-0.39, 0.29) is 5.78 Å². The lowest BCUT2D eigenvalue weighted by Gasteiger charge is -2.19. The van der Waals surface area contributed by atoms with Crippen molar-refractivity contribution < 1.29 is 14.3 Å². The summed E-state index contributed by atoms with van der Waals surface area (Å²) in [7, 11) is 1.30. The number of hydrogen-bond acceptors (Lipinski definition) is 3. The lowest BCUT2D eigenvalue weighted by atomic mass is 9.85. The van der Waals surface area contributed by atoms with E-state index < -0.39 is 11.9 Å². The molecule has 0 saturated heterocycles. The average Bonchev–Trinajstić information content (AvgIpc) is 2.08. The second-order valence-corrected chi connectivity index (χ2v) is 2.94. The third kappa shape index (κ3) is 1.55. The number of esters is 1. The minimum atomic E-state index is -0.587. The molecule has 0 amide bonds. The molecule has 1 saturated carbocycles. The Morgan fingerprint density at radius 2 is 2.33 bits per heavy atom. The first-order valence-electron chi connectivity index (χ1n) is 3.96. The molecule has 1 atom stereocenters. The fourth-order valence-electron chi connectivity index (χ4n) is 1.39. The smallest absolute Gasteiger partial charge is 0.316 e. The fourth-order valence-corrected chi connectivity index (χ4v) is 1.39. The van der Waals surface area contributed by atoms with Crippen LogP contribution >= 0.6 is 0 Å². The maximum Gasteiger partial charge on any atom is 0.316 e. The highest BCUT2D eigenvalue weighted by molar-refractivity contribution is 6.08. The minimum Gasteiger partial charge on any atom is -0.468 e. The van der Waals surface area contributed by atoms with Crippen LogP contribution in [0.25, 0.3) is 0 Å². The summed E-state index contributed by atoms with van der Waals surface area (Å²) in [5.74, 6) is -1.16. The summed E-state index contributed by atoms with van der Waals surface area (Å²) in [6.45, 7) is 3.60. The van der Waals surface area contributed by atoms with E-state index in [4.69, 9.17) is 0 Å². The Kier molecular flexibility index (Phi) is 2.63. The monoisotopic (exact) mass is 168 g/mol. The molecule has 0 aromatic carbocycles. The van der Waals surface area contributed by atoms with Crippen LogP contribution in [0.15, 0.2) is 12.2 Å². The number of hydrogen-bond donors (Lipinski definition) is 0. The van der Waals surface area contributed by atoms with Crippen molar-refractivity contribution in [1.29, 1.82) is 0 Å². The molecule has 0 aromatic rings. The van der Waals surface area contributed by atoms with E-state index in [2.05, 4.69) is 11.3 Å². The Hall–Kier alpha value is -1.12. The minimum absolute atomic E-state index is 0.145. The van der Waals surface area contributed by atoms with Crippen LogP contribution in [0, 0.1) is 5.92 Å². The summed E-state index contributed by atoms with van der Waals surface area (Å²) < 4.78 is 4.51. The van der Waals surface area contributed by atoms with Gasteiger partial charge in [0.15, 0.2) is 5.78 Å². The number of rotatable bonds is 1. The third-order valence-corrected chi connectivity index (χ3v) is 2.12. The molecule has 1 unspecified atom stereocenters. The van der Waals surface area contributed by atoms with Crippen molar-refractivity contribution in [1.82, 2.24) is 0 Å². The highest BCUT2D eigenvalue weighted by Crippen LogP contribution is 2.24. The Morgan fingerprint density at radius 1 is 1.67 bits per heavy atom. The molecule has 0 spiro atoms. The topological polar surface area (TPSA) is 43.4 Å². The lowest BCUT2D eigenvalue weighted by Crippen LogP contribution is -2.29. The second kappa shape index (κ2) is 3.52. The van der Waals surface area contributed by atoms with E-state index in [1.165, 1.54) is 7.11 Å². The Morgan fingerprint density at radius 3 is 2.92 bits per heavy atom. The summed E-state index contributed by atoms with van der Waals surface area (Å²) in [4.78, 5) is 22.4. The molecule has 1 fully saturated rings. The van der Waals surface area contributed by atoms with Crippen LogP contribution in [0.1, 0.15) is 19.3 Å². The Bertz CT molecular complexity index is 230. The molecule has 0 radical (unpaired) electrons. The van der Waals surface area contributed by atoms with Crippen LogP contribution < -0.4 is 0 Å². The maximum atomic E-state index is 11.3. The predicted octanol–water partition coefficient (Wildman–Crippen LogP) is 1.08. The number of ether oxygens (including phenoxy) is 1. The van der Waals surface area contributed by atoms with Gasteiger partial charge in [-0.2, -0.15) is 0 Å². The molecule has 1 aliphatic rings. The molecular weight excluding hydrogens is 156 g/mol. The number of methoxy groups -OCH3 is 1. The molecule has 0 aliphatic heterocycles. The predicted molar refractivity (Wildman–Crippen MR) is 43.5 cm³/mol. The quantitative estimate of drug-likeness (QED) is 0.334. The first-order chi connectivity index (χ1) is 5.66. The van der Waals surface area contributed by atoms with Gasteiger partial charge in [-0.15, -0.1) is 0 Å². The molecule has 0 heterocycles. The first kappa shape index (κ1) is 8.97. The fraction of sp³-hybridized carbons (Fsp3) is 0.556. The largest absolute Gasteiger partial charge is 0.468 e. The molecule has 66 valence electrons. The zero-order chi connectivity index (χ0) is 9.14. The second-order valence-electron chi connectivity index (χ2n) is 2.94. The average molecular weight is 168 g/mol. The third-order valence-electron chi connectivity index (χ3n) is 2.12. The van der Waals surface area contributed by atoms with Crippen LogP contribution in [0.5, 0.6) is 0 Å². The molecule has 3 heteroatoms. The zero-order valence-corrected chi connectivity index (χ0v) is 7.13. The molecule has 0 aromatic heterocycles. The number of carbonyl (C=O) groups excluding carboxylic acids is 2. The molecular formula is C9H12O3. The summed E-state index contributed by atoms with van der Waals surface area (Å²) in [5.41, 5.74) is 0.552. The molecule has 3 nitrogen and oxygen atoms in total. The van der Waals surface area contributed by atoms with E-state index in [0.717, 1.165) is 6.42 Å². The van der Waals surface area contributed by atoms with E-state index >= 15 is 0 Å². The lowest BCUT2D eigenvalue weighted by molar-refractivity contribution is -0.149. The van der Waals surface area contributed by atoms with E-state index in [0.29, 0.717) is 18.4 Å². The molecule has 0 N–H and O–H groups in total. The van der Waals surface area contributed by atoms with Gasteiger partial charge in [0.2, 0.25) is 0 Å². The number of carbonyl (C=O) groups is 2. The van der Waals surface area contributed by atoms with Gasteiger partial charge in [0.1, 0.15) is 5.92 Å². The molecule has 1 aliphatic carbocycles. The van der Waals surface area contributed by atoms with Crippen LogP contribution in [-0.4, -0.2) is 18.9 Å². The van der Waals surface area contributed by atoms with Gasteiger partial charge in [-0.05, 0) is 24.8 Å². The SMILES string of the molecule is C=C1CCCC(C(=O)OC)C1=O. The van der Waals surface area contributed by atoms with E-state index in [1.54, 1.807) is 0 Å². The van der Waals surface area contributed by atoms with Crippen molar-refractivity contribution in [2.24, 2.45) is 5.92 Å².